The fourth-order valence-electron chi connectivity index (χ4n) is 0.465. The minimum absolute atomic E-state index is 0.101. The fourth-order valence-corrected chi connectivity index (χ4v) is 0.465. The smallest absolute Gasteiger partial charge is 0.223 e. The lowest BCUT2D eigenvalue weighted by molar-refractivity contribution is -0.120. The quantitative estimate of drug-likeness (QED) is 0.547. The Hall–Kier alpha value is -0.830. The van der Waals surface area contributed by atoms with Crippen molar-refractivity contribution in [1.29, 1.82) is 0 Å². The van der Waals surface area contributed by atoms with Gasteiger partial charge in [-0.2, -0.15) is 0 Å². The van der Waals surface area contributed by atoms with E-state index in [4.69, 9.17) is 5.11 Å². The van der Waals surface area contributed by atoms with Crippen LogP contribution in [0.25, 0.3) is 0 Å². The minimum Gasteiger partial charge on any atom is -0.392 e. The molecule has 10 heavy (non-hydrogen) atoms. The van der Waals surface area contributed by atoms with Crippen LogP contribution in [-0.2, 0) is 4.79 Å². The third-order valence-electron chi connectivity index (χ3n) is 0.924. The van der Waals surface area contributed by atoms with Gasteiger partial charge in [0.1, 0.15) is 0 Å². The zero-order chi connectivity index (χ0) is 7.98. The molecule has 0 fully saturated rings. The molecule has 0 aromatic heterocycles. The molecule has 0 heterocycles. The monoisotopic (exact) mass is 143 g/mol. The number of amides is 1. The molecule has 0 aromatic carbocycles. The van der Waals surface area contributed by atoms with Gasteiger partial charge in [0, 0.05) is 13.0 Å². The van der Waals surface area contributed by atoms with Crippen LogP contribution in [0.4, 0.5) is 0 Å². The van der Waals surface area contributed by atoms with E-state index in [2.05, 4.69) is 11.9 Å². The lowest BCUT2D eigenvalue weighted by atomic mass is 10.3. The summed E-state index contributed by atoms with van der Waals surface area (Å²) >= 11 is 0. The Morgan fingerprint density at radius 3 is 2.90 bits per heavy atom. The Morgan fingerprint density at radius 1 is 1.90 bits per heavy atom. The second-order valence-electron chi connectivity index (χ2n) is 2.15. The molecule has 1 atom stereocenters. The summed E-state index contributed by atoms with van der Waals surface area (Å²) in [5.41, 5.74) is 0. The SMILES string of the molecule is C=CCC(=O)NC[C@@H](C)O. The van der Waals surface area contributed by atoms with Gasteiger partial charge in [-0.25, -0.2) is 0 Å². The highest BCUT2D eigenvalue weighted by molar-refractivity contribution is 5.77. The molecule has 0 aliphatic heterocycles. The maximum atomic E-state index is 10.7. The van der Waals surface area contributed by atoms with Crippen molar-refractivity contribution in [3.05, 3.63) is 12.7 Å². The summed E-state index contributed by atoms with van der Waals surface area (Å²) in [7, 11) is 0. The van der Waals surface area contributed by atoms with Gasteiger partial charge >= 0.3 is 0 Å². The standard InChI is InChI=1S/C7H13NO2/c1-3-4-7(10)8-5-6(2)9/h3,6,9H,1,4-5H2,2H3,(H,8,10)/t6-/m1/s1. The summed E-state index contributed by atoms with van der Waals surface area (Å²) < 4.78 is 0. The number of carbonyl (C=O) groups is 1. The topological polar surface area (TPSA) is 49.3 Å². The molecule has 0 rings (SSSR count). The molecule has 0 saturated carbocycles. The predicted octanol–water partition coefficient (Wildman–Crippen LogP) is 0.0595. The average molecular weight is 143 g/mol. The van der Waals surface area contributed by atoms with E-state index in [1.807, 2.05) is 0 Å². The van der Waals surface area contributed by atoms with Crippen molar-refractivity contribution in [3.63, 3.8) is 0 Å². The van der Waals surface area contributed by atoms with E-state index in [1.165, 1.54) is 6.08 Å². The molecular weight excluding hydrogens is 130 g/mol. The summed E-state index contributed by atoms with van der Waals surface area (Å²) in [6.07, 6.45) is 1.36. The van der Waals surface area contributed by atoms with Crippen LogP contribution in [-0.4, -0.2) is 23.7 Å². The van der Waals surface area contributed by atoms with Gasteiger partial charge < -0.3 is 10.4 Å². The number of hydrogen-bond donors (Lipinski definition) is 2. The summed E-state index contributed by atoms with van der Waals surface area (Å²) in [5.74, 6) is -0.101. The number of aliphatic hydroxyl groups excluding tert-OH is 1. The maximum absolute atomic E-state index is 10.7. The highest BCUT2D eigenvalue weighted by Gasteiger charge is 1.98. The average Bonchev–Trinajstić information content (AvgIpc) is 1.85. The van der Waals surface area contributed by atoms with E-state index in [0.29, 0.717) is 13.0 Å². The van der Waals surface area contributed by atoms with Crippen LogP contribution in [0.3, 0.4) is 0 Å². The molecule has 3 nitrogen and oxygen atoms in total. The molecule has 0 saturated heterocycles. The zero-order valence-corrected chi connectivity index (χ0v) is 6.13. The van der Waals surface area contributed by atoms with E-state index in [-0.39, 0.29) is 5.91 Å². The van der Waals surface area contributed by atoms with Crippen LogP contribution in [0.1, 0.15) is 13.3 Å². The number of nitrogens with one attached hydrogen (secondary N) is 1. The third kappa shape index (κ3) is 5.31. The van der Waals surface area contributed by atoms with Crippen molar-refractivity contribution < 1.29 is 9.90 Å². The van der Waals surface area contributed by atoms with E-state index in [1.54, 1.807) is 6.92 Å². The van der Waals surface area contributed by atoms with Crippen LogP contribution < -0.4 is 5.32 Å². The highest BCUT2D eigenvalue weighted by atomic mass is 16.3. The van der Waals surface area contributed by atoms with Crippen LogP contribution >= 0.6 is 0 Å². The van der Waals surface area contributed by atoms with Gasteiger partial charge in [0.15, 0.2) is 0 Å². The predicted molar refractivity (Wildman–Crippen MR) is 39.5 cm³/mol. The van der Waals surface area contributed by atoms with Crippen LogP contribution in [0, 0.1) is 0 Å². The maximum Gasteiger partial charge on any atom is 0.223 e. The molecule has 0 radical (unpaired) electrons. The Bertz CT molecular complexity index is 121. The van der Waals surface area contributed by atoms with Gasteiger partial charge in [0.05, 0.1) is 6.10 Å². The largest absolute Gasteiger partial charge is 0.392 e. The van der Waals surface area contributed by atoms with E-state index in [9.17, 15) is 4.79 Å². The first kappa shape index (κ1) is 9.17. The van der Waals surface area contributed by atoms with Crippen molar-refractivity contribution in [2.45, 2.75) is 19.4 Å². The Labute approximate surface area is 60.7 Å². The fraction of sp³-hybridized carbons (Fsp3) is 0.571. The van der Waals surface area contributed by atoms with Gasteiger partial charge in [-0.05, 0) is 6.92 Å². The molecule has 2 N–H and O–H groups in total. The molecule has 0 aliphatic rings. The molecule has 0 spiro atoms. The molecule has 58 valence electrons. The Kier molecular flexibility index (Phi) is 4.58. The Morgan fingerprint density at radius 2 is 2.50 bits per heavy atom. The first-order valence-electron chi connectivity index (χ1n) is 3.22. The number of hydrogen-bond acceptors (Lipinski definition) is 2. The van der Waals surface area contributed by atoms with Crippen molar-refractivity contribution in [3.8, 4) is 0 Å². The second kappa shape index (κ2) is 4.99. The van der Waals surface area contributed by atoms with E-state index >= 15 is 0 Å². The van der Waals surface area contributed by atoms with Crippen molar-refractivity contribution in [2.24, 2.45) is 0 Å². The zero-order valence-electron chi connectivity index (χ0n) is 6.13. The summed E-state index contributed by atoms with van der Waals surface area (Å²) in [4.78, 5) is 10.7. The molecular formula is C7H13NO2. The summed E-state index contributed by atoms with van der Waals surface area (Å²) in [5, 5.41) is 11.3. The van der Waals surface area contributed by atoms with E-state index < -0.39 is 6.10 Å². The molecule has 0 unspecified atom stereocenters. The third-order valence-corrected chi connectivity index (χ3v) is 0.924. The van der Waals surface area contributed by atoms with Gasteiger partial charge in [-0.1, -0.05) is 6.08 Å². The molecule has 3 heteroatoms. The van der Waals surface area contributed by atoms with Crippen molar-refractivity contribution in [2.75, 3.05) is 6.54 Å². The lowest BCUT2D eigenvalue weighted by Gasteiger charge is -2.04. The molecule has 0 bridgehead atoms. The van der Waals surface area contributed by atoms with Crippen molar-refractivity contribution in [1.82, 2.24) is 5.32 Å². The number of rotatable bonds is 4. The normalized spacial score (nSPS) is 12.2. The Balaban J connectivity index is 3.30. The van der Waals surface area contributed by atoms with Crippen LogP contribution in [0.2, 0.25) is 0 Å². The summed E-state index contributed by atoms with van der Waals surface area (Å²) in [6.45, 7) is 5.34. The van der Waals surface area contributed by atoms with Crippen LogP contribution in [0.5, 0.6) is 0 Å². The number of aliphatic hydroxyl groups is 1. The number of carbonyl (C=O) groups excluding carboxylic acids is 1. The first-order valence-corrected chi connectivity index (χ1v) is 3.22. The van der Waals surface area contributed by atoms with Crippen LogP contribution in [0.15, 0.2) is 12.7 Å². The molecule has 1 amide bonds. The van der Waals surface area contributed by atoms with Crippen molar-refractivity contribution >= 4 is 5.91 Å². The van der Waals surface area contributed by atoms with Gasteiger partial charge in [-0.3, -0.25) is 4.79 Å². The molecule has 0 aliphatic carbocycles. The van der Waals surface area contributed by atoms with Gasteiger partial charge in [-0.15, -0.1) is 6.58 Å². The molecule has 0 aromatic rings. The minimum atomic E-state index is -0.478. The van der Waals surface area contributed by atoms with Gasteiger partial charge in [0.2, 0.25) is 5.91 Å². The van der Waals surface area contributed by atoms with Gasteiger partial charge in [0.25, 0.3) is 0 Å². The highest BCUT2D eigenvalue weighted by Crippen LogP contribution is 1.80. The second-order valence-corrected chi connectivity index (χ2v) is 2.15. The lowest BCUT2D eigenvalue weighted by Crippen LogP contribution is -2.29. The summed E-state index contributed by atoms with van der Waals surface area (Å²) in [6, 6.07) is 0. The first-order chi connectivity index (χ1) is 4.66. The van der Waals surface area contributed by atoms with E-state index in [0.717, 1.165) is 0 Å².